The lowest BCUT2D eigenvalue weighted by atomic mass is 9.98. The number of benzene rings is 1. The number of rotatable bonds is 4. The Kier molecular flexibility index (Phi) is 5.25. The molecule has 0 aliphatic heterocycles. The average Bonchev–Trinajstić information content (AvgIpc) is 2.31. The van der Waals surface area contributed by atoms with Crippen molar-refractivity contribution in [2.24, 2.45) is 5.92 Å². The van der Waals surface area contributed by atoms with Crippen LogP contribution < -0.4 is 0 Å². The van der Waals surface area contributed by atoms with Crippen LogP contribution in [0.25, 0.3) is 0 Å². The molecule has 17 heavy (non-hydrogen) atoms. The molecule has 94 valence electrons. The fraction of sp³-hybridized carbons (Fsp3) is 0.417. The standard InChI is InChI=1S/C12H14Cl2O3/c1-7(12(16)17-2)6-10(15)8-4-3-5-9(13)11(8)14/h3-5,7,10,15H,6H2,1-2H3. The Morgan fingerprint density at radius 3 is 2.71 bits per heavy atom. The van der Waals surface area contributed by atoms with Gasteiger partial charge in [-0.05, 0) is 12.5 Å². The smallest absolute Gasteiger partial charge is 0.308 e. The number of aliphatic hydroxyl groups is 1. The predicted octanol–water partition coefficient (Wildman–Crippen LogP) is 3.23. The summed E-state index contributed by atoms with van der Waals surface area (Å²) in [4.78, 5) is 11.2. The van der Waals surface area contributed by atoms with Crippen molar-refractivity contribution >= 4 is 29.2 Å². The maximum absolute atomic E-state index is 11.2. The number of ether oxygens (including phenoxy) is 1. The molecule has 0 aromatic heterocycles. The first kappa shape index (κ1) is 14.3. The van der Waals surface area contributed by atoms with Crippen molar-refractivity contribution in [1.29, 1.82) is 0 Å². The number of esters is 1. The van der Waals surface area contributed by atoms with Gasteiger partial charge in [0.1, 0.15) is 0 Å². The van der Waals surface area contributed by atoms with Gasteiger partial charge in [0.15, 0.2) is 0 Å². The lowest BCUT2D eigenvalue weighted by Gasteiger charge is -2.16. The van der Waals surface area contributed by atoms with Crippen LogP contribution in [0.1, 0.15) is 25.0 Å². The first-order chi connectivity index (χ1) is 7.97. The summed E-state index contributed by atoms with van der Waals surface area (Å²) in [5.74, 6) is -0.757. The number of hydrogen-bond donors (Lipinski definition) is 1. The van der Waals surface area contributed by atoms with E-state index in [0.29, 0.717) is 15.6 Å². The zero-order chi connectivity index (χ0) is 13.0. The number of carbonyl (C=O) groups excluding carboxylic acids is 1. The van der Waals surface area contributed by atoms with Crippen LogP contribution in [0.4, 0.5) is 0 Å². The van der Waals surface area contributed by atoms with Gasteiger partial charge in [-0.25, -0.2) is 0 Å². The number of halogens is 2. The molecule has 1 aromatic carbocycles. The van der Waals surface area contributed by atoms with Gasteiger partial charge < -0.3 is 9.84 Å². The van der Waals surface area contributed by atoms with Gasteiger partial charge in [-0.3, -0.25) is 4.79 Å². The van der Waals surface area contributed by atoms with Crippen LogP contribution in [0.5, 0.6) is 0 Å². The van der Waals surface area contributed by atoms with Gasteiger partial charge >= 0.3 is 5.97 Å². The zero-order valence-corrected chi connectivity index (χ0v) is 11.1. The van der Waals surface area contributed by atoms with Crippen LogP contribution >= 0.6 is 23.2 Å². The highest BCUT2D eigenvalue weighted by Gasteiger charge is 2.21. The third kappa shape index (κ3) is 3.60. The van der Waals surface area contributed by atoms with E-state index in [-0.39, 0.29) is 12.4 Å². The highest BCUT2D eigenvalue weighted by atomic mass is 35.5. The molecule has 0 spiro atoms. The lowest BCUT2D eigenvalue weighted by molar-refractivity contribution is -0.145. The molecule has 0 saturated heterocycles. The Balaban J connectivity index is 2.80. The summed E-state index contributed by atoms with van der Waals surface area (Å²) >= 11 is 11.8. The molecular formula is C12H14Cl2O3. The maximum Gasteiger partial charge on any atom is 0.308 e. The molecule has 2 atom stereocenters. The molecule has 0 aliphatic rings. The van der Waals surface area contributed by atoms with Crippen molar-refractivity contribution < 1.29 is 14.6 Å². The van der Waals surface area contributed by atoms with Crippen LogP contribution in [0.2, 0.25) is 10.0 Å². The molecule has 0 heterocycles. The number of hydrogen-bond acceptors (Lipinski definition) is 3. The number of methoxy groups -OCH3 is 1. The monoisotopic (exact) mass is 276 g/mol. The Morgan fingerprint density at radius 2 is 2.12 bits per heavy atom. The number of aliphatic hydroxyl groups excluding tert-OH is 1. The van der Waals surface area contributed by atoms with Crippen LogP contribution in [0.15, 0.2) is 18.2 Å². The van der Waals surface area contributed by atoms with Crippen LogP contribution in [-0.4, -0.2) is 18.2 Å². The van der Waals surface area contributed by atoms with Crippen molar-refractivity contribution in [2.75, 3.05) is 7.11 Å². The molecule has 0 bridgehead atoms. The van der Waals surface area contributed by atoms with Crippen LogP contribution in [0.3, 0.4) is 0 Å². The third-order valence-electron chi connectivity index (χ3n) is 2.52. The maximum atomic E-state index is 11.2. The molecule has 5 heteroatoms. The summed E-state index contributed by atoms with van der Waals surface area (Å²) in [5.41, 5.74) is 0.523. The van der Waals surface area contributed by atoms with E-state index >= 15 is 0 Å². The van der Waals surface area contributed by atoms with E-state index in [1.54, 1.807) is 25.1 Å². The molecule has 0 aliphatic carbocycles. The van der Waals surface area contributed by atoms with Gasteiger partial charge in [-0.1, -0.05) is 42.3 Å². The summed E-state index contributed by atoms with van der Waals surface area (Å²) in [7, 11) is 1.32. The second-order valence-corrected chi connectivity index (χ2v) is 4.60. The van der Waals surface area contributed by atoms with Gasteiger partial charge in [0, 0.05) is 5.56 Å². The normalized spacial score (nSPS) is 14.2. The van der Waals surface area contributed by atoms with Gasteiger partial charge in [-0.2, -0.15) is 0 Å². The predicted molar refractivity (Wildman–Crippen MR) is 67.2 cm³/mol. The van der Waals surface area contributed by atoms with Crippen molar-refractivity contribution in [3.05, 3.63) is 33.8 Å². The van der Waals surface area contributed by atoms with Gasteiger partial charge in [0.2, 0.25) is 0 Å². The molecule has 1 rings (SSSR count). The Morgan fingerprint density at radius 1 is 1.47 bits per heavy atom. The Labute approximate surface area is 110 Å². The van der Waals surface area contributed by atoms with E-state index in [1.165, 1.54) is 7.11 Å². The minimum Gasteiger partial charge on any atom is -0.469 e. The summed E-state index contributed by atoms with van der Waals surface area (Å²) < 4.78 is 4.59. The molecule has 3 nitrogen and oxygen atoms in total. The molecule has 0 fully saturated rings. The highest BCUT2D eigenvalue weighted by molar-refractivity contribution is 6.42. The molecule has 0 radical (unpaired) electrons. The quantitative estimate of drug-likeness (QED) is 0.859. The summed E-state index contributed by atoms with van der Waals surface area (Å²) in [6, 6.07) is 5.03. The Hall–Kier alpha value is -0.770. The van der Waals surface area contributed by atoms with Gasteiger partial charge in [0.05, 0.1) is 29.2 Å². The second kappa shape index (κ2) is 6.24. The Bertz CT molecular complexity index is 407. The minimum absolute atomic E-state index is 0.243. The number of carbonyl (C=O) groups is 1. The third-order valence-corrected chi connectivity index (χ3v) is 3.35. The average molecular weight is 277 g/mol. The van der Waals surface area contributed by atoms with E-state index in [2.05, 4.69) is 4.74 Å². The summed E-state index contributed by atoms with van der Waals surface area (Å²) in [5, 5.41) is 10.7. The van der Waals surface area contributed by atoms with Crippen molar-refractivity contribution in [3.63, 3.8) is 0 Å². The van der Waals surface area contributed by atoms with E-state index < -0.39 is 12.0 Å². The largest absolute Gasteiger partial charge is 0.469 e. The highest BCUT2D eigenvalue weighted by Crippen LogP contribution is 2.32. The lowest BCUT2D eigenvalue weighted by Crippen LogP contribution is -2.16. The molecule has 1 aromatic rings. The fourth-order valence-electron chi connectivity index (χ4n) is 1.54. The van der Waals surface area contributed by atoms with E-state index in [9.17, 15) is 9.90 Å². The van der Waals surface area contributed by atoms with E-state index in [4.69, 9.17) is 23.2 Å². The SMILES string of the molecule is COC(=O)C(C)CC(O)c1cccc(Cl)c1Cl. The van der Waals surface area contributed by atoms with Crippen molar-refractivity contribution in [2.45, 2.75) is 19.4 Å². The van der Waals surface area contributed by atoms with E-state index in [0.717, 1.165) is 0 Å². The van der Waals surface area contributed by atoms with Crippen LogP contribution in [0, 0.1) is 5.92 Å². The van der Waals surface area contributed by atoms with Gasteiger partial charge in [0.25, 0.3) is 0 Å². The molecule has 1 N–H and O–H groups in total. The minimum atomic E-state index is -0.838. The molecule has 0 amide bonds. The van der Waals surface area contributed by atoms with Crippen molar-refractivity contribution in [3.8, 4) is 0 Å². The first-order valence-corrected chi connectivity index (χ1v) is 5.92. The molecule has 0 saturated carbocycles. The summed E-state index contributed by atoms with van der Waals surface area (Å²) in [6.45, 7) is 1.69. The zero-order valence-electron chi connectivity index (χ0n) is 9.61. The molecular weight excluding hydrogens is 263 g/mol. The fourth-order valence-corrected chi connectivity index (χ4v) is 1.97. The topological polar surface area (TPSA) is 46.5 Å². The molecule has 2 unspecified atom stereocenters. The van der Waals surface area contributed by atoms with Gasteiger partial charge in [-0.15, -0.1) is 0 Å². The first-order valence-electron chi connectivity index (χ1n) is 5.17. The van der Waals surface area contributed by atoms with Crippen LogP contribution in [-0.2, 0) is 9.53 Å². The van der Waals surface area contributed by atoms with Crippen molar-refractivity contribution in [1.82, 2.24) is 0 Å². The summed E-state index contributed by atoms with van der Waals surface area (Å²) in [6.07, 6.45) is -0.595. The second-order valence-electron chi connectivity index (χ2n) is 3.82. The van der Waals surface area contributed by atoms with E-state index in [1.807, 2.05) is 0 Å².